The number of phenols is 2. The average molecular weight is 419 g/mol. The molecule has 31 heavy (non-hydrogen) atoms. The summed E-state index contributed by atoms with van der Waals surface area (Å²) in [6, 6.07) is 1.69. The molecule has 160 valence electrons. The second-order valence-corrected chi connectivity index (χ2v) is 9.56. The number of rotatable bonds is 1. The van der Waals surface area contributed by atoms with Gasteiger partial charge in [-0.05, 0) is 67.1 Å². The Bertz CT molecular complexity index is 1310. The van der Waals surface area contributed by atoms with E-state index in [4.69, 9.17) is 5.41 Å². The number of aromatic hydroxyl groups is 2. The number of Topliss-reactive ketones (excluding diaryl/α,β-unsaturated/α-hetero) is 1. The largest absolute Gasteiger partial charge is 0.504 e. The zero-order valence-electron chi connectivity index (χ0n) is 17.4. The van der Waals surface area contributed by atoms with Crippen LogP contribution in [0.4, 0.5) is 0 Å². The lowest BCUT2D eigenvalue weighted by Crippen LogP contribution is -2.42. The summed E-state index contributed by atoms with van der Waals surface area (Å²) in [7, 11) is 0. The number of aromatic nitrogens is 4. The minimum Gasteiger partial charge on any atom is -0.504 e. The fraction of sp³-hybridized carbons (Fsp3) is 0.478. The van der Waals surface area contributed by atoms with Crippen molar-refractivity contribution in [1.29, 1.82) is 5.41 Å². The lowest BCUT2D eigenvalue weighted by Gasteiger charge is -2.48. The van der Waals surface area contributed by atoms with Crippen molar-refractivity contribution < 1.29 is 15.0 Å². The first-order valence-electron chi connectivity index (χ1n) is 11.0. The van der Waals surface area contributed by atoms with Crippen molar-refractivity contribution in [1.82, 2.24) is 19.5 Å². The van der Waals surface area contributed by atoms with Crippen molar-refractivity contribution in [2.24, 2.45) is 17.3 Å². The van der Waals surface area contributed by atoms with Crippen LogP contribution in [0.25, 0.3) is 16.9 Å². The van der Waals surface area contributed by atoms with Crippen molar-refractivity contribution in [2.75, 3.05) is 0 Å². The molecule has 2 saturated carbocycles. The van der Waals surface area contributed by atoms with Crippen LogP contribution in [0.3, 0.4) is 0 Å². The van der Waals surface area contributed by atoms with Gasteiger partial charge in [0.2, 0.25) is 0 Å². The lowest BCUT2D eigenvalue weighted by molar-refractivity contribution is -0.129. The molecule has 2 aromatic heterocycles. The smallest absolute Gasteiger partial charge is 0.182 e. The Morgan fingerprint density at radius 1 is 1.23 bits per heavy atom. The highest BCUT2D eigenvalue weighted by Crippen LogP contribution is 2.61. The molecule has 4 atom stereocenters. The Hall–Kier alpha value is -3.16. The molecule has 3 aliphatic carbocycles. The number of nitrogens with zero attached hydrogens (tertiary/aromatic N) is 3. The van der Waals surface area contributed by atoms with Crippen molar-refractivity contribution in [3.05, 3.63) is 35.3 Å². The van der Waals surface area contributed by atoms with Gasteiger partial charge in [0.15, 0.2) is 22.6 Å². The zero-order valence-corrected chi connectivity index (χ0v) is 17.4. The standard InChI is InChI=1S/C23H25N5O3/c1-23-7-6-13-12(14(23)4-5-16(23)30)3-2-11-8-15(29)20(31)19(17(11)13)28-10-27-21(24)18-22(28)26-9-25-18/h8-10,12-14,24,29,31H,2-7H2,1H3,(H,25,26)/t12-,13+,14+,23+/m1/s1. The van der Waals surface area contributed by atoms with Crippen molar-refractivity contribution in [2.45, 2.75) is 51.4 Å². The van der Waals surface area contributed by atoms with Gasteiger partial charge in [-0.15, -0.1) is 0 Å². The van der Waals surface area contributed by atoms with Crippen LogP contribution in [0.5, 0.6) is 11.5 Å². The van der Waals surface area contributed by atoms with Crippen LogP contribution in [0.15, 0.2) is 18.7 Å². The molecule has 3 aliphatic rings. The summed E-state index contributed by atoms with van der Waals surface area (Å²) < 4.78 is 1.69. The summed E-state index contributed by atoms with van der Waals surface area (Å²) in [5, 5.41) is 29.6. The normalized spacial score (nSPS) is 29.6. The van der Waals surface area contributed by atoms with E-state index in [1.165, 1.54) is 12.7 Å². The molecule has 4 N–H and O–H groups in total. The predicted octanol–water partition coefficient (Wildman–Crippen LogP) is 3.06. The van der Waals surface area contributed by atoms with Gasteiger partial charge in [-0.25, -0.2) is 9.97 Å². The van der Waals surface area contributed by atoms with Gasteiger partial charge in [0.25, 0.3) is 0 Å². The number of nitrogens with one attached hydrogen (secondary N) is 2. The van der Waals surface area contributed by atoms with E-state index < -0.39 is 0 Å². The Balaban J connectivity index is 1.59. The third-order valence-electron chi connectivity index (χ3n) is 8.27. The van der Waals surface area contributed by atoms with Gasteiger partial charge in [0, 0.05) is 11.8 Å². The summed E-state index contributed by atoms with van der Waals surface area (Å²) in [4.78, 5) is 24.2. The van der Waals surface area contributed by atoms with Gasteiger partial charge in [0.05, 0.1) is 12.0 Å². The number of imidazole rings is 1. The molecule has 0 spiro atoms. The average Bonchev–Trinajstić information content (AvgIpc) is 3.36. The van der Waals surface area contributed by atoms with Crippen molar-refractivity contribution in [3.63, 3.8) is 0 Å². The SMILES string of the molecule is C[C@]12CC[C@@H]3c4c(cc(O)c(O)c4-n4cnc(=N)c5[nH]cnc54)CC[C@H]3[C@@H]1CCC2=O. The first kappa shape index (κ1) is 18.6. The highest BCUT2D eigenvalue weighted by atomic mass is 16.3. The molecule has 0 saturated heterocycles. The molecule has 2 fully saturated rings. The van der Waals surface area contributed by atoms with Gasteiger partial charge < -0.3 is 15.2 Å². The molecule has 0 amide bonds. The molecule has 0 bridgehead atoms. The highest BCUT2D eigenvalue weighted by molar-refractivity contribution is 5.87. The lowest BCUT2D eigenvalue weighted by atomic mass is 9.55. The van der Waals surface area contributed by atoms with Gasteiger partial charge in [0.1, 0.15) is 17.6 Å². The number of carbonyl (C=O) groups excluding carboxylic acids is 1. The molecule has 3 aromatic rings. The topological polar surface area (TPSA) is 128 Å². The number of aryl methyl sites for hydroxylation is 1. The monoisotopic (exact) mass is 419 g/mol. The fourth-order valence-electron chi connectivity index (χ4n) is 6.76. The van der Waals surface area contributed by atoms with E-state index >= 15 is 0 Å². The summed E-state index contributed by atoms with van der Waals surface area (Å²) >= 11 is 0. The third kappa shape index (κ3) is 2.36. The third-order valence-corrected chi connectivity index (χ3v) is 8.27. The van der Waals surface area contributed by atoms with Crippen LogP contribution in [-0.2, 0) is 11.2 Å². The molecule has 0 unspecified atom stereocenters. The van der Waals surface area contributed by atoms with E-state index in [9.17, 15) is 15.0 Å². The number of H-pyrrole nitrogens is 1. The first-order chi connectivity index (χ1) is 14.9. The fourth-order valence-corrected chi connectivity index (χ4v) is 6.76. The second-order valence-electron chi connectivity index (χ2n) is 9.56. The van der Waals surface area contributed by atoms with E-state index in [2.05, 4.69) is 21.9 Å². The number of ketones is 1. The second kappa shape index (κ2) is 6.18. The summed E-state index contributed by atoms with van der Waals surface area (Å²) in [6.07, 6.45) is 8.13. The number of phenolic OH excluding ortho intramolecular Hbond substituents is 2. The molecule has 8 heteroatoms. The number of hydrogen-bond acceptors (Lipinski definition) is 6. The van der Waals surface area contributed by atoms with Gasteiger partial charge in [-0.2, -0.15) is 0 Å². The first-order valence-corrected chi connectivity index (χ1v) is 11.0. The predicted molar refractivity (Wildman–Crippen MR) is 112 cm³/mol. The molecule has 8 nitrogen and oxygen atoms in total. The van der Waals surface area contributed by atoms with Gasteiger partial charge >= 0.3 is 0 Å². The quantitative estimate of drug-likeness (QED) is 0.451. The highest BCUT2D eigenvalue weighted by Gasteiger charge is 2.55. The minimum absolute atomic E-state index is 0.0769. The Labute approximate surface area is 178 Å². The molecule has 2 heterocycles. The number of benzene rings is 1. The molecule has 0 radical (unpaired) electrons. The molecule has 0 aliphatic heterocycles. The minimum atomic E-state index is -0.227. The molecule has 6 rings (SSSR count). The Morgan fingerprint density at radius 2 is 2.06 bits per heavy atom. The van der Waals surface area contributed by atoms with Crippen LogP contribution in [0.1, 0.15) is 56.1 Å². The Morgan fingerprint density at radius 3 is 2.90 bits per heavy atom. The number of fused-ring (bicyclic) bond motifs is 6. The van der Waals surface area contributed by atoms with E-state index in [1.807, 2.05) is 0 Å². The number of aromatic amines is 1. The molecular weight excluding hydrogens is 394 g/mol. The van der Waals surface area contributed by atoms with Crippen LogP contribution >= 0.6 is 0 Å². The van der Waals surface area contributed by atoms with Gasteiger partial charge in [-0.1, -0.05) is 6.92 Å². The van der Waals surface area contributed by atoms with Crippen LogP contribution < -0.4 is 5.49 Å². The van der Waals surface area contributed by atoms with E-state index in [0.717, 1.165) is 43.2 Å². The number of hydrogen-bond donors (Lipinski definition) is 4. The maximum absolute atomic E-state index is 12.7. The molecule has 1 aromatic carbocycles. The number of carbonyl (C=O) groups is 1. The summed E-state index contributed by atoms with van der Waals surface area (Å²) in [5.41, 5.74) is 3.38. The van der Waals surface area contributed by atoms with E-state index in [1.54, 1.807) is 10.6 Å². The Kier molecular flexibility index (Phi) is 3.71. The van der Waals surface area contributed by atoms with Crippen molar-refractivity contribution in [3.8, 4) is 17.2 Å². The maximum Gasteiger partial charge on any atom is 0.182 e. The van der Waals surface area contributed by atoms with Crippen molar-refractivity contribution >= 4 is 16.9 Å². The van der Waals surface area contributed by atoms with E-state index in [0.29, 0.717) is 40.9 Å². The van der Waals surface area contributed by atoms with Gasteiger partial charge in [-0.3, -0.25) is 14.8 Å². The van der Waals surface area contributed by atoms with E-state index in [-0.39, 0.29) is 28.3 Å². The van der Waals surface area contributed by atoms with Crippen LogP contribution in [0, 0.1) is 22.7 Å². The summed E-state index contributed by atoms with van der Waals surface area (Å²) in [5.74, 6) is 0.989. The van der Waals surface area contributed by atoms with Crippen LogP contribution in [-0.4, -0.2) is 35.5 Å². The molecular formula is C23H25N5O3. The zero-order chi connectivity index (χ0) is 21.5. The van der Waals surface area contributed by atoms with Crippen LogP contribution in [0.2, 0.25) is 0 Å². The maximum atomic E-state index is 12.7. The summed E-state index contributed by atoms with van der Waals surface area (Å²) in [6.45, 7) is 2.15.